The summed E-state index contributed by atoms with van der Waals surface area (Å²) >= 11 is 0. The third kappa shape index (κ3) is 3.15. The Bertz CT molecular complexity index is 341. The van der Waals surface area contributed by atoms with Crippen LogP contribution in [0.1, 0.15) is 43.0 Å². The minimum atomic E-state index is -0.449. The average Bonchev–Trinajstić information content (AvgIpc) is 2.29. The number of rotatable bonds is 6. The van der Waals surface area contributed by atoms with Gasteiger partial charge >= 0.3 is 0 Å². The van der Waals surface area contributed by atoms with Crippen molar-refractivity contribution in [2.24, 2.45) is 0 Å². The van der Waals surface area contributed by atoms with Gasteiger partial charge in [-0.2, -0.15) is 0 Å². The van der Waals surface area contributed by atoms with Gasteiger partial charge in [0.1, 0.15) is 0 Å². The topological polar surface area (TPSA) is 35.5 Å². The van der Waals surface area contributed by atoms with Crippen LogP contribution in [0.5, 0.6) is 0 Å². The van der Waals surface area contributed by atoms with Crippen LogP contribution < -0.4 is 0 Å². The highest BCUT2D eigenvalue weighted by Gasteiger charge is 2.17. The molecule has 0 aromatic heterocycles. The van der Waals surface area contributed by atoms with Crippen LogP contribution in [0.3, 0.4) is 0 Å². The van der Waals surface area contributed by atoms with Gasteiger partial charge in [0.2, 0.25) is 0 Å². The maximum atomic E-state index is 11.5. The Morgan fingerprint density at radius 3 is 2.25 bits per heavy atom. The van der Waals surface area contributed by atoms with Crippen molar-refractivity contribution in [1.82, 2.24) is 0 Å². The monoisotopic (exact) mass is 222 g/mol. The Kier molecular flexibility index (Phi) is 5.15. The number of ketones is 1. The van der Waals surface area contributed by atoms with Crippen molar-refractivity contribution in [1.29, 1.82) is 0 Å². The number of carbonyl (C=O) groups is 1. The first-order valence-electron chi connectivity index (χ1n) is 5.53. The van der Waals surface area contributed by atoms with Gasteiger partial charge in [0.25, 0.3) is 0 Å². The van der Waals surface area contributed by atoms with E-state index in [1.54, 1.807) is 13.0 Å². The SMILES string of the molecule is CCOC(OCC)c1ccccc1C(C)=O. The quantitative estimate of drug-likeness (QED) is 0.548. The minimum Gasteiger partial charge on any atom is -0.349 e. The van der Waals surface area contributed by atoms with Gasteiger partial charge in [0, 0.05) is 24.3 Å². The van der Waals surface area contributed by atoms with E-state index in [4.69, 9.17) is 9.47 Å². The number of carbonyl (C=O) groups excluding carboxylic acids is 1. The van der Waals surface area contributed by atoms with Gasteiger partial charge in [-0.25, -0.2) is 0 Å². The van der Waals surface area contributed by atoms with Gasteiger partial charge in [-0.1, -0.05) is 24.3 Å². The van der Waals surface area contributed by atoms with Crippen molar-refractivity contribution >= 4 is 5.78 Å². The van der Waals surface area contributed by atoms with Crippen LogP contribution in [-0.4, -0.2) is 19.0 Å². The molecular formula is C13H18O3. The van der Waals surface area contributed by atoms with Crippen molar-refractivity contribution < 1.29 is 14.3 Å². The van der Waals surface area contributed by atoms with Crippen molar-refractivity contribution in [3.05, 3.63) is 35.4 Å². The number of benzene rings is 1. The molecule has 0 atom stereocenters. The fraction of sp³-hybridized carbons (Fsp3) is 0.462. The summed E-state index contributed by atoms with van der Waals surface area (Å²) in [4.78, 5) is 11.5. The Balaban J connectivity index is 3.02. The second-order valence-electron chi connectivity index (χ2n) is 3.39. The van der Waals surface area contributed by atoms with E-state index < -0.39 is 6.29 Å². The number of hydrogen-bond donors (Lipinski definition) is 0. The molecule has 16 heavy (non-hydrogen) atoms. The van der Waals surface area contributed by atoms with E-state index in [2.05, 4.69) is 0 Å². The first-order chi connectivity index (χ1) is 7.70. The highest BCUT2D eigenvalue weighted by atomic mass is 16.7. The maximum Gasteiger partial charge on any atom is 0.184 e. The molecule has 0 heterocycles. The molecule has 3 heteroatoms. The van der Waals surface area contributed by atoms with Gasteiger partial charge in [-0.3, -0.25) is 4.79 Å². The summed E-state index contributed by atoms with van der Waals surface area (Å²) in [6.45, 7) is 6.46. The lowest BCUT2D eigenvalue weighted by atomic mass is 10.0. The van der Waals surface area contributed by atoms with Crippen LogP contribution in [0, 0.1) is 0 Å². The summed E-state index contributed by atoms with van der Waals surface area (Å²) in [5, 5.41) is 0. The first kappa shape index (κ1) is 12.9. The molecule has 88 valence electrons. The van der Waals surface area contributed by atoms with Crippen LogP contribution in [0.25, 0.3) is 0 Å². The molecule has 1 aromatic carbocycles. The van der Waals surface area contributed by atoms with E-state index in [1.165, 1.54) is 0 Å². The van der Waals surface area contributed by atoms with Gasteiger partial charge < -0.3 is 9.47 Å². The van der Waals surface area contributed by atoms with E-state index in [1.807, 2.05) is 32.0 Å². The van der Waals surface area contributed by atoms with Crippen LogP contribution in [-0.2, 0) is 9.47 Å². The summed E-state index contributed by atoms with van der Waals surface area (Å²) < 4.78 is 11.0. The summed E-state index contributed by atoms with van der Waals surface area (Å²) in [5.74, 6) is 0.0278. The lowest BCUT2D eigenvalue weighted by molar-refractivity contribution is -0.140. The molecule has 0 saturated carbocycles. The molecule has 0 N–H and O–H groups in total. The molecular weight excluding hydrogens is 204 g/mol. The van der Waals surface area contributed by atoms with Crippen LogP contribution in [0.2, 0.25) is 0 Å². The number of Topliss-reactive ketones (excluding diaryl/α,β-unsaturated/α-hetero) is 1. The second kappa shape index (κ2) is 6.40. The third-order valence-electron chi connectivity index (χ3n) is 2.23. The van der Waals surface area contributed by atoms with E-state index in [0.717, 1.165) is 5.56 Å². The molecule has 0 spiro atoms. The fourth-order valence-electron chi connectivity index (χ4n) is 1.55. The lowest BCUT2D eigenvalue weighted by Crippen LogP contribution is -2.12. The molecule has 0 aliphatic carbocycles. The van der Waals surface area contributed by atoms with Gasteiger partial charge in [-0.05, 0) is 20.8 Å². The van der Waals surface area contributed by atoms with Gasteiger partial charge in [0.15, 0.2) is 12.1 Å². The molecule has 0 unspecified atom stereocenters. The number of ether oxygens (including phenoxy) is 2. The molecule has 0 amide bonds. The molecule has 3 nitrogen and oxygen atoms in total. The Hall–Kier alpha value is -1.19. The lowest BCUT2D eigenvalue weighted by Gasteiger charge is -2.19. The van der Waals surface area contributed by atoms with Crippen LogP contribution in [0.15, 0.2) is 24.3 Å². The van der Waals surface area contributed by atoms with E-state index >= 15 is 0 Å². The first-order valence-corrected chi connectivity index (χ1v) is 5.53. The molecule has 0 saturated heterocycles. The number of hydrogen-bond acceptors (Lipinski definition) is 3. The molecule has 0 aliphatic heterocycles. The highest BCUT2D eigenvalue weighted by Crippen LogP contribution is 2.23. The van der Waals surface area contributed by atoms with Crippen molar-refractivity contribution in [3.8, 4) is 0 Å². The van der Waals surface area contributed by atoms with Crippen molar-refractivity contribution in [3.63, 3.8) is 0 Å². The zero-order valence-electron chi connectivity index (χ0n) is 10.0. The maximum absolute atomic E-state index is 11.5. The Labute approximate surface area is 96.4 Å². The van der Waals surface area contributed by atoms with Gasteiger partial charge in [-0.15, -0.1) is 0 Å². The van der Waals surface area contributed by atoms with E-state index in [-0.39, 0.29) is 5.78 Å². The second-order valence-corrected chi connectivity index (χ2v) is 3.39. The summed E-state index contributed by atoms with van der Waals surface area (Å²) in [6, 6.07) is 7.39. The normalized spacial score (nSPS) is 10.8. The van der Waals surface area contributed by atoms with Crippen LogP contribution >= 0.6 is 0 Å². The molecule has 0 radical (unpaired) electrons. The molecule has 0 aliphatic rings. The molecule has 0 fully saturated rings. The summed E-state index contributed by atoms with van der Waals surface area (Å²) in [7, 11) is 0. The smallest absolute Gasteiger partial charge is 0.184 e. The van der Waals surface area contributed by atoms with Crippen LogP contribution in [0.4, 0.5) is 0 Å². The molecule has 0 bridgehead atoms. The zero-order chi connectivity index (χ0) is 12.0. The third-order valence-corrected chi connectivity index (χ3v) is 2.23. The largest absolute Gasteiger partial charge is 0.349 e. The standard InChI is InChI=1S/C13H18O3/c1-4-15-13(16-5-2)12-9-7-6-8-11(12)10(3)14/h6-9,13H,4-5H2,1-3H3. The summed E-state index contributed by atoms with van der Waals surface area (Å²) in [6.07, 6.45) is -0.449. The minimum absolute atomic E-state index is 0.0278. The Morgan fingerprint density at radius 2 is 1.75 bits per heavy atom. The van der Waals surface area contributed by atoms with Crippen molar-refractivity contribution in [2.75, 3.05) is 13.2 Å². The zero-order valence-corrected chi connectivity index (χ0v) is 10.0. The Morgan fingerprint density at radius 1 is 1.19 bits per heavy atom. The fourth-order valence-corrected chi connectivity index (χ4v) is 1.55. The highest BCUT2D eigenvalue weighted by molar-refractivity contribution is 5.95. The van der Waals surface area contributed by atoms with E-state index in [0.29, 0.717) is 18.8 Å². The van der Waals surface area contributed by atoms with Crippen molar-refractivity contribution in [2.45, 2.75) is 27.1 Å². The predicted molar refractivity (Wildman–Crippen MR) is 62.4 cm³/mol. The predicted octanol–water partition coefficient (Wildman–Crippen LogP) is 2.96. The van der Waals surface area contributed by atoms with E-state index in [9.17, 15) is 4.79 Å². The molecule has 1 rings (SSSR count). The van der Waals surface area contributed by atoms with Gasteiger partial charge in [0.05, 0.1) is 0 Å². The summed E-state index contributed by atoms with van der Waals surface area (Å²) in [5.41, 5.74) is 1.47. The average molecular weight is 222 g/mol. The molecule has 1 aromatic rings.